The molecule has 0 N–H and O–H groups in total. The molecule has 1 saturated heterocycles. The lowest BCUT2D eigenvalue weighted by atomic mass is 9.82. The Morgan fingerprint density at radius 1 is 1.00 bits per heavy atom. The average molecular weight is 351 g/mol. The third-order valence-electron chi connectivity index (χ3n) is 5.15. The smallest absolute Gasteiger partial charge is 0.0617 e. The van der Waals surface area contributed by atoms with Crippen LogP contribution in [0.5, 0.6) is 0 Å². The van der Waals surface area contributed by atoms with Gasteiger partial charge in [-0.1, -0.05) is 65.5 Å². The molecule has 0 amide bonds. The molecule has 1 saturated carbocycles. The van der Waals surface area contributed by atoms with Gasteiger partial charge in [-0.05, 0) is 50.0 Å². The highest BCUT2D eigenvalue weighted by Gasteiger charge is 2.33. The Labute approximate surface area is 137 Å². The summed E-state index contributed by atoms with van der Waals surface area (Å²) in [6.07, 6.45) is 12.7. The Balaban J connectivity index is 1.53. The molecule has 0 radical (unpaired) electrons. The highest BCUT2D eigenvalue weighted by Crippen LogP contribution is 2.36. The van der Waals surface area contributed by atoms with Crippen LogP contribution >= 0.6 is 15.9 Å². The number of aryl methyl sites for hydroxylation is 1. The van der Waals surface area contributed by atoms with E-state index in [1.54, 1.807) is 0 Å². The standard InChI is InChI=1S/C19H27BrO/c20-17-13-18(12-11-15-7-3-1-4-8-15)21-19(14-17)16-9-5-2-6-10-16/h1,3-4,7-8,16-19H,2,5-6,9-14H2/t17-,18-,19-/m0/s1. The highest BCUT2D eigenvalue weighted by molar-refractivity contribution is 9.09. The predicted octanol–water partition coefficient (Wildman–Crippen LogP) is 5.51. The quantitative estimate of drug-likeness (QED) is 0.650. The van der Waals surface area contributed by atoms with Crippen LogP contribution in [0.2, 0.25) is 0 Å². The van der Waals surface area contributed by atoms with Gasteiger partial charge >= 0.3 is 0 Å². The Kier molecular flexibility index (Phi) is 5.76. The molecule has 1 aromatic rings. The van der Waals surface area contributed by atoms with Crippen LogP contribution in [0.4, 0.5) is 0 Å². The van der Waals surface area contributed by atoms with Crippen molar-refractivity contribution in [3.63, 3.8) is 0 Å². The molecule has 1 aromatic carbocycles. The minimum Gasteiger partial charge on any atom is -0.375 e. The number of halogens is 1. The highest BCUT2D eigenvalue weighted by atomic mass is 79.9. The lowest BCUT2D eigenvalue weighted by Crippen LogP contribution is -2.38. The molecular weight excluding hydrogens is 324 g/mol. The van der Waals surface area contributed by atoms with Crippen molar-refractivity contribution in [3.8, 4) is 0 Å². The molecular formula is C19H27BrO. The lowest BCUT2D eigenvalue weighted by molar-refractivity contribution is -0.0831. The normalized spacial score (nSPS) is 31.2. The summed E-state index contributed by atoms with van der Waals surface area (Å²) < 4.78 is 6.49. The first-order chi connectivity index (χ1) is 10.3. The third kappa shape index (κ3) is 4.56. The average Bonchev–Trinajstić information content (AvgIpc) is 2.54. The minimum absolute atomic E-state index is 0.440. The van der Waals surface area contributed by atoms with Crippen molar-refractivity contribution >= 4 is 15.9 Å². The minimum atomic E-state index is 0.440. The molecule has 0 aromatic heterocycles. The Morgan fingerprint density at radius 2 is 1.76 bits per heavy atom. The maximum atomic E-state index is 6.49. The summed E-state index contributed by atoms with van der Waals surface area (Å²) in [4.78, 5) is 0.652. The fourth-order valence-corrected chi connectivity index (χ4v) is 4.74. The van der Waals surface area contributed by atoms with Gasteiger partial charge in [-0.3, -0.25) is 0 Å². The van der Waals surface area contributed by atoms with Gasteiger partial charge in [0.2, 0.25) is 0 Å². The zero-order valence-electron chi connectivity index (χ0n) is 12.8. The van der Waals surface area contributed by atoms with E-state index < -0.39 is 0 Å². The summed E-state index contributed by atoms with van der Waals surface area (Å²) in [5, 5.41) is 0. The van der Waals surface area contributed by atoms with Crippen molar-refractivity contribution in [1.82, 2.24) is 0 Å². The molecule has 0 spiro atoms. The van der Waals surface area contributed by atoms with E-state index in [2.05, 4.69) is 46.3 Å². The topological polar surface area (TPSA) is 9.23 Å². The molecule has 21 heavy (non-hydrogen) atoms. The molecule has 2 heteroatoms. The van der Waals surface area contributed by atoms with Crippen molar-refractivity contribution in [1.29, 1.82) is 0 Å². The van der Waals surface area contributed by atoms with Gasteiger partial charge in [0.1, 0.15) is 0 Å². The van der Waals surface area contributed by atoms with Crippen molar-refractivity contribution in [2.75, 3.05) is 0 Å². The molecule has 1 aliphatic heterocycles. The van der Waals surface area contributed by atoms with Crippen LogP contribution in [0.15, 0.2) is 30.3 Å². The zero-order chi connectivity index (χ0) is 14.5. The first kappa shape index (κ1) is 15.6. The molecule has 1 aliphatic carbocycles. The maximum absolute atomic E-state index is 6.49. The largest absolute Gasteiger partial charge is 0.375 e. The number of ether oxygens (including phenoxy) is 1. The molecule has 3 rings (SSSR count). The summed E-state index contributed by atoms with van der Waals surface area (Å²) in [5.74, 6) is 0.818. The third-order valence-corrected chi connectivity index (χ3v) is 5.90. The van der Waals surface area contributed by atoms with Crippen molar-refractivity contribution in [3.05, 3.63) is 35.9 Å². The van der Waals surface area contributed by atoms with E-state index >= 15 is 0 Å². The fraction of sp³-hybridized carbons (Fsp3) is 0.684. The zero-order valence-corrected chi connectivity index (χ0v) is 14.4. The number of benzene rings is 1. The number of alkyl halides is 1. The monoisotopic (exact) mass is 350 g/mol. The number of hydrogen-bond acceptors (Lipinski definition) is 1. The van der Waals surface area contributed by atoms with Crippen LogP contribution in [0.1, 0.15) is 56.9 Å². The first-order valence-electron chi connectivity index (χ1n) is 8.64. The van der Waals surface area contributed by atoms with Crippen LogP contribution < -0.4 is 0 Å². The van der Waals surface area contributed by atoms with Gasteiger partial charge in [0.25, 0.3) is 0 Å². The van der Waals surface area contributed by atoms with Gasteiger partial charge in [0, 0.05) is 4.83 Å². The predicted molar refractivity (Wildman–Crippen MR) is 91.9 cm³/mol. The van der Waals surface area contributed by atoms with Gasteiger partial charge in [-0.25, -0.2) is 0 Å². The SMILES string of the molecule is Br[C@H]1C[C@H](CCc2ccccc2)O[C@H](C2CCCCC2)C1. The van der Waals surface area contributed by atoms with Crippen molar-refractivity contribution < 1.29 is 4.74 Å². The molecule has 0 bridgehead atoms. The molecule has 0 unspecified atom stereocenters. The van der Waals surface area contributed by atoms with Crippen molar-refractivity contribution in [2.24, 2.45) is 5.92 Å². The van der Waals surface area contributed by atoms with E-state index in [0.717, 1.165) is 18.8 Å². The summed E-state index contributed by atoms with van der Waals surface area (Å²) in [7, 11) is 0. The molecule has 1 nitrogen and oxygen atoms in total. The second-order valence-electron chi connectivity index (χ2n) is 6.79. The van der Waals surface area contributed by atoms with E-state index in [1.165, 1.54) is 50.5 Å². The Hall–Kier alpha value is -0.340. The van der Waals surface area contributed by atoms with Gasteiger partial charge in [0.05, 0.1) is 12.2 Å². The molecule has 2 aliphatic rings. The van der Waals surface area contributed by atoms with Crippen LogP contribution in [0.25, 0.3) is 0 Å². The molecule has 2 fully saturated rings. The fourth-order valence-electron chi connectivity index (χ4n) is 3.96. The summed E-state index contributed by atoms with van der Waals surface area (Å²) in [5.41, 5.74) is 1.44. The van der Waals surface area contributed by atoms with Crippen LogP contribution in [0.3, 0.4) is 0 Å². The number of rotatable bonds is 4. The van der Waals surface area contributed by atoms with Crippen LogP contribution in [0, 0.1) is 5.92 Å². The van der Waals surface area contributed by atoms with Crippen LogP contribution in [-0.4, -0.2) is 17.0 Å². The molecule has 3 atom stereocenters. The molecule has 1 heterocycles. The van der Waals surface area contributed by atoms with E-state index in [-0.39, 0.29) is 0 Å². The van der Waals surface area contributed by atoms with Gasteiger partial charge in [-0.2, -0.15) is 0 Å². The van der Waals surface area contributed by atoms with E-state index in [9.17, 15) is 0 Å². The van der Waals surface area contributed by atoms with Gasteiger partial charge in [0.15, 0.2) is 0 Å². The second kappa shape index (κ2) is 7.78. The summed E-state index contributed by atoms with van der Waals surface area (Å²) >= 11 is 3.88. The lowest BCUT2D eigenvalue weighted by Gasteiger charge is -2.39. The van der Waals surface area contributed by atoms with E-state index in [1.807, 2.05) is 0 Å². The maximum Gasteiger partial charge on any atom is 0.0617 e. The second-order valence-corrected chi connectivity index (χ2v) is 8.08. The summed E-state index contributed by atoms with van der Waals surface area (Å²) in [6, 6.07) is 10.8. The van der Waals surface area contributed by atoms with Gasteiger partial charge in [-0.15, -0.1) is 0 Å². The first-order valence-corrected chi connectivity index (χ1v) is 9.56. The van der Waals surface area contributed by atoms with Crippen molar-refractivity contribution in [2.45, 2.75) is 74.8 Å². The van der Waals surface area contributed by atoms with E-state index in [4.69, 9.17) is 4.74 Å². The Morgan fingerprint density at radius 3 is 2.52 bits per heavy atom. The number of hydrogen-bond donors (Lipinski definition) is 0. The summed E-state index contributed by atoms with van der Waals surface area (Å²) in [6.45, 7) is 0. The van der Waals surface area contributed by atoms with E-state index in [0.29, 0.717) is 17.0 Å². The van der Waals surface area contributed by atoms with Gasteiger partial charge < -0.3 is 4.74 Å². The molecule has 116 valence electrons. The Bertz CT molecular complexity index is 413. The van der Waals surface area contributed by atoms with Crippen LogP contribution in [-0.2, 0) is 11.2 Å².